The third-order valence-corrected chi connectivity index (χ3v) is 6.08. The molecule has 0 saturated heterocycles. The first kappa shape index (κ1) is 21.5. The van der Waals surface area contributed by atoms with Gasteiger partial charge in [0.05, 0.1) is 12.1 Å². The molecule has 0 saturated carbocycles. The fraction of sp³-hybridized carbons (Fsp3) is 0.192. The molecule has 0 spiro atoms. The number of hydrogen-bond acceptors (Lipinski definition) is 5. The van der Waals surface area contributed by atoms with Crippen molar-refractivity contribution >= 4 is 17.7 Å². The Hall–Kier alpha value is -4.33. The van der Waals surface area contributed by atoms with Crippen molar-refractivity contribution in [1.29, 1.82) is 0 Å². The molecule has 0 fully saturated rings. The summed E-state index contributed by atoms with van der Waals surface area (Å²) >= 11 is 0. The molecular weight excluding hydrogens is 430 g/mol. The Balaban J connectivity index is 1.49. The van der Waals surface area contributed by atoms with E-state index in [9.17, 15) is 14.7 Å². The van der Waals surface area contributed by atoms with Crippen LogP contribution in [0.25, 0.3) is 22.6 Å². The number of hydrogen-bond donors (Lipinski definition) is 1. The molecule has 1 aliphatic heterocycles. The van der Waals surface area contributed by atoms with Crippen molar-refractivity contribution in [1.82, 2.24) is 19.7 Å². The molecule has 2 aromatic carbocycles. The maximum Gasteiger partial charge on any atom is 0.335 e. The molecule has 1 N–H and O–H groups in total. The van der Waals surface area contributed by atoms with E-state index in [1.165, 1.54) is 0 Å². The summed E-state index contributed by atoms with van der Waals surface area (Å²) in [5.74, 6) is 0.0717. The second-order valence-electron chi connectivity index (χ2n) is 8.63. The zero-order valence-corrected chi connectivity index (χ0v) is 19.1. The lowest BCUT2D eigenvalue weighted by molar-refractivity contribution is 0.0696. The Morgan fingerprint density at radius 2 is 1.88 bits per heavy atom. The van der Waals surface area contributed by atoms with Gasteiger partial charge in [-0.15, -0.1) is 10.2 Å². The Morgan fingerprint density at radius 1 is 1.06 bits per heavy atom. The molecule has 34 heavy (non-hydrogen) atoms. The quantitative estimate of drug-likeness (QED) is 0.468. The zero-order valence-electron chi connectivity index (χ0n) is 19.1. The fourth-order valence-electron chi connectivity index (χ4n) is 4.22. The molecule has 170 valence electrons. The lowest BCUT2D eigenvalue weighted by Crippen LogP contribution is -2.24. The van der Waals surface area contributed by atoms with Gasteiger partial charge in [0.1, 0.15) is 17.8 Å². The first-order valence-electron chi connectivity index (χ1n) is 11.0. The second-order valence-corrected chi connectivity index (χ2v) is 8.63. The lowest BCUT2D eigenvalue weighted by atomic mass is 9.95. The normalized spacial score (nSPS) is 12.9. The van der Waals surface area contributed by atoms with Crippen LogP contribution < -0.4 is 4.90 Å². The van der Waals surface area contributed by atoms with Crippen molar-refractivity contribution in [3.8, 4) is 22.6 Å². The average Bonchev–Trinajstić information content (AvgIpc) is 3.44. The summed E-state index contributed by atoms with van der Waals surface area (Å²) < 4.78 is 1.94. The molecule has 0 atom stereocenters. The van der Waals surface area contributed by atoms with Gasteiger partial charge in [0.25, 0.3) is 5.91 Å². The first-order chi connectivity index (χ1) is 16.3. The zero-order chi connectivity index (χ0) is 24.0. The molecular formula is C26H23N5O3. The van der Waals surface area contributed by atoms with E-state index >= 15 is 0 Å². The van der Waals surface area contributed by atoms with Crippen LogP contribution in [0.2, 0.25) is 0 Å². The van der Waals surface area contributed by atoms with E-state index in [0.717, 1.165) is 22.3 Å². The van der Waals surface area contributed by atoms with Crippen molar-refractivity contribution < 1.29 is 14.7 Å². The van der Waals surface area contributed by atoms with E-state index in [1.807, 2.05) is 61.7 Å². The summed E-state index contributed by atoms with van der Waals surface area (Å²) in [5, 5.41) is 17.6. The smallest absolute Gasteiger partial charge is 0.335 e. The molecule has 1 amide bonds. The minimum Gasteiger partial charge on any atom is -0.478 e. The number of carboxylic acid groups (broad SMARTS) is 1. The predicted octanol–water partition coefficient (Wildman–Crippen LogP) is 4.76. The van der Waals surface area contributed by atoms with Gasteiger partial charge < -0.3 is 9.67 Å². The number of benzene rings is 2. The number of rotatable bonds is 5. The molecule has 0 aliphatic carbocycles. The van der Waals surface area contributed by atoms with Crippen LogP contribution in [0, 0.1) is 6.92 Å². The number of aromatic carboxylic acids is 1. The van der Waals surface area contributed by atoms with Crippen LogP contribution in [0.5, 0.6) is 0 Å². The van der Waals surface area contributed by atoms with Crippen LogP contribution in [0.15, 0.2) is 60.9 Å². The number of carboxylic acids is 1. The highest BCUT2D eigenvalue weighted by Crippen LogP contribution is 2.33. The monoisotopic (exact) mass is 453 g/mol. The largest absolute Gasteiger partial charge is 0.478 e. The van der Waals surface area contributed by atoms with Gasteiger partial charge in [0, 0.05) is 11.6 Å². The molecule has 0 radical (unpaired) electrons. The summed E-state index contributed by atoms with van der Waals surface area (Å²) in [6.45, 7) is 6.43. The molecule has 0 bridgehead atoms. The number of carbonyl (C=O) groups excluding carboxylic acids is 1. The SMILES string of the molecule is Cc1ccc(C(=O)O)cc1-c1ccc2c(c1)C(=O)N(c1cccc(-c3nncn3C(C)C)n1)C2. The fourth-order valence-corrected chi connectivity index (χ4v) is 4.22. The van der Waals surface area contributed by atoms with Crippen LogP contribution in [-0.4, -0.2) is 36.7 Å². The van der Waals surface area contributed by atoms with Crippen LogP contribution in [0.1, 0.15) is 51.7 Å². The van der Waals surface area contributed by atoms with Gasteiger partial charge in [-0.2, -0.15) is 0 Å². The molecule has 3 heterocycles. The number of pyridine rings is 1. The number of anilines is 1. The van der Waals surface area contributed by atoms with Gasteiger partial charge >= 0.3 is 5.97 Å². The highest BCUT2D eigenvalue weighted by Gasteiger charge is 2.30. The highest BCUT2D eigenvalue weighted by atomic mass is 16.4. The highest BCUT2D eigenvalue weighted by molar-refractivity contribution is 6.10. The Bertz CT molecular complexity index is 1440. The van der Waals surface area contributed by atoms with E-state index in [0.29, 0.717) is 29.4 Å². The van der Waals surface area contributed by atoms with Crippen LogP contribution in [0.4, 0.5) is 5.82 Å². The maximum absolute atomic E-state index is 13.4. The molecule has 8 heteroatoms. The summed E-state index contributed by atoms with van der Waals surface area (Å²) in [5.41, 5.74) is 4.89. The van der Waals surface area contributed by atoms with Crippen LogP contribution >= 0.6 is 0 Å². The van der Waals surface area contributed by atoms with Crippen molar-refractivity contribution in [2.75, 3.05) is 4.90 Å². The average molecular weight is 454 g/mol. The van der Waals surface area contributed by atoms with Crippen LogP contribution in [0.3, 0.4) is 0 Å². The molecule has 1 aliphatic rings. The Labute approximate surface area is 196 Å². The number of aryl methyl sites for hydroxylation is 1. The van der Waals surface area contributed by atoms with E-state index in [1.54, 1.807) is 29.4 Å². The van der Waals surface area contributed by atoms with E-state index < -0.39 is 5.97 Å². The van der Waals surface area contributed by atoms with Gasteiger partial charge in [-0.25, -0.2) is 9.78 Å². The van der Waals surface area contributed by atoms with Gasteiger partial charge in [0.15, 0.2) is 5.82 Å². The van der Waals surface area contributed by atoms with Gasteiger partial charge in [-0.3, -0.25) is 9.69 Å². The number of nitrogens with zero attached hydrogens (tertiary/aromatic N) is 5. The predicted molar refractivity (Wildman–Crippen MR) is 128 cm³/mol. The third-order valence-electron chi connectivity index (χ3n) is 6.08. The molecule has 4 aromatic rings. The Morgan fingerprint density at radius 3 is 2.65 bits per heavy atom. The second kappa shape index (κ2) is 8.22. The van der Waals surface area contributed by atoms with Crippen molar-refractivity contribution in [2.24, 2.45) is 0 Å². The third kappa shape index (κ3) is 3.63. The van der Waals surface area contributed by atoms with Gasteiger partial charge in [-0.1, -0.05) is 24.3 Å². The topological polar surface area (TPSA) is 101 Å². The van der Waals surface area contributed by atoms with E-state index in [-0.39, 0.29) is 17.5 Å². The lowest BCUT2D eigenvalue weighted by Gasteiger charge is -2.16. The van der Waals surface area contributed by atoms with Crippen LogP contribution in [-0.2, 0) is 6.54 Å². The van der Waals surface area contributed by atoms with Gasteiger partial charge in [-0.05, 0) is 73.4 Å². The standard InChI is InChI=1S/C26H23N5O3/c1-15(2)31-14-27-29-24(31)22-5-4-6-23(28-22)30-13-19-10-9-17(11-21(19)25(30)32)20-12-18(26(33)34)8-7-16(20)3/h4-12,14-15H,13H2,1-3H3,(H,33,34). The molecule has 5 rings (SSSR count). The number of carbonyl (C=O) groups is 2. The van der Waals surface area contributed by atoms with Crippen molar-refractivity contribution in [3.05, 3.63) is 83.2 Å². The minimum absolute atomic E-state index is 0.140. The molecule has 0 unspecified atom stereocenters. The number of amides is 1. The summed E-state index contributed by atoms with van der Waals surface area (Å²) in [4.78, 5) is 31.2. The number of fused-ring (bicyclic) bond motifs is 1. The summed E-state index contributed by atoms with van der Waals surface area (Å²) in [6.07, 6.45) is 1.67. The molecule has 8 nitrogen and oxygen atoms in total. The first-order valence-corrected chi connectivity index (χ1v) is 11.0. The molecule has 2 aromatic heterocycles. The Kier molecular flexibility index (Phi) is 5.20. The van der Waals surface area contributed by atoms with E-state index in [4.69, 9.17) is 4.98 Å². The van der Waals surface area contributed by atoms with Crippen molar-refractivity contribution in [2.45, 2.75) is 33.4 Å². The van der Waals surface area contributed by atoms with Crippen molar-refractivity contribution in [3.63, 3.8) is 0 Å². The minimum atomic E-state index is -0.982. The summed E-state index contributed by atoms with van der Waals surface area (Å²) in [6, 6.07) is 16.4. The number of aromatic nitrogens is 4. The summed E-state index contributed by atoms with van der Waals surface area (Å²) in [7, 11) is 0. The van der Waals surface area contributed by atoms with E-state index in [2.05, 4.69) is 10.2 Å². The maximum atomic E-state index is 13.4. The van der Waals surface area contributed by atoms with Gasteiger partial charge in [0.2, 0.25) is 0 Å².